The zero-order chi connectivity index (χ0) is 29.1. The maximum atomic E-state index is 14.6. The van der Waals surface area contributed by atoms with Crippen molar-refractivity contribution in [3.05, 3.63) is 46.9 Å². The first-order valence-corrected chi connectivity index (χ1v) is 14.6. The summed E-state index contributed by atoms with van der Waals surface area (Å²) in [7, 11) is -1.74. The SMILES string of the molecule is CC(=O)Nc1cnc(-c2ccccc2)n(CC(=O)NC(O[Si](C)C)(C(C)C)C(C(C)(C)C)C(F)(F)F)c1=O. The Morgan fingerprint density at radius 3 is 2.13 bits per heavy atom. The molecule has 209 valence electrons. The fourth-order valence-corrected chi connectivity index (χ4v) is 5.68. The number of nitrogens with zero attached hydrogens (tertiary/aromatic N) is 2. The van der Waals surface area contributed by atoms with E-state index in [2.05, 4.69) is 15.6 Å². The number of alkyl halides is 3. The van der Waals surface area contributed by atoms with Gasteiger partial charge in [-0.15, -0.1) is 0 Å². The molecule has 38 heavy (non-hydrogen) atoms. The molecule has 0 aliphatic heterocycles. The van der Waals surface area contributed by atoms with Crippen LogP contribution in [0.4, 0.5) is 18.9 Å². The molecule has 2 atom stereocenters. The number of carbonyl (C=O) groups excluding carboxylic acids is 2. The average molecular weight is 554 g/mol. The van der Waals surface area contributed by atoms with Gasteiger partial charge >= 0.3 is 6.18 Å². The Kier molecular flexibility index (Phi) is 9.71. The van der Waals surface area contributed by atoms with Crippen LogP contribution in [0.15, 0.2) is 41.3 Å². The molecule has 0 saturated carbocycles. The topological polar surface area (TPSA) is 102 Å². The van der Waals surface area contributed by atoms with Gasteiger partial charge in [0.15, 0.2) is 0 Å². The largest absolute Gasteiger partial charge is 0.396 e. The van der Waals surface area contributed by atoms with Crippen LogP contribution in [0.3, 0.4) is 0 Å². The van der Waals surface area contributed by atoms with Gasteiger partial charge in [0.25, 0.3) is 5.56 Å². The lowest BCUT2D eigenvalue weighted by atomic mass is 9.70. The predicted molar refractivity (Wildman–Crippen MR) is 142 cm³/mol. The molecule has 0 spiro atoms. The van der Waals surface area contributed by atoms with E-state index in [0.717, 1.165) is 4.57 Å². The van der Waals surface area contributed by atoms with Gasteiger partial charge < -0.3 is 15.1 Å². The van der Waals surface area contributed by atoms with Crippen molar-refractivity contribution in [1.29, 1.82) is 0 Å². The summed E-state index contributed by atoms with van der Waals surface area (Å²) in [5.41, 5.74) is -3.80. The van der Waals surface area contributed by atoms with Crippen LogP contribution in [0, 0.1) is 17.3 Å². The van der Waals surface area contributed by atoms with Crippen LogP contribution in [0.2, 0.25) is 13.1 Å². The summed E-state index contributed by atoms with van der Waals surface area (Å²) >= 11 is 0. The minimum absolute atomic E-state index is 0.120. The maximum absolute atomic E-state index is 14.6. The highest BCUT2D eigenvalue weighted by molar-refractivity contribution is 6.48. The van der Waals surface area contributed by atoms with Gasteiger partial charge in [0, 0.05) is 18.4 Å². The normalized spacial score (nSPS) is 14.8. The monoisotopic (exact) mass is 553 g/mol. The summed E-state index contributed by atoms with van der Waals surface area (Å²) in [4.78, 5) is 42.7. The van der Waals surface area contributed by atoms with E-state index in [4.69, 9.17) is 4.43 Å². The van der Waals surface area contributed by atoms with Gasteiger partial charge in [-0.3, -0.25) is 19.0 Å². The second kappa shape index (κ2) is 11.8. The number of hydrogen-bond acceptors (Lipinski definition) is 5. The number of halogens is 3. The van der Waals surface area contributed by atoms with E-state index in [-0.39, 0.29) is 11.5 Å². The van der Waals surface area contributed by atoms with Crippen LogP contribution in [-0.2, 0) is 20.6 Å². The fraction of sp³-hybridized carbons (Fsp3) is 0.538. The molecule has 2 N–H and O–H groups in total. The number of rotatable bonds is 9. The fourth-order valence-electron chi connectivity index (χ4n) is 4.60. The van der Waals surface area contributed by atoms with Crippen molar-refractivity contribution in [1.82, 2.24) is 14.9 Å². The van der Waals surface area contributed by atoms with Crippen molar-refractivity contribution in [2.75, 3.05) is 5.32 Å². The van der Waals surface area contributed by atoms with E-state index in [1.54, 1.807) is 57.3 Å². The molecule has 8 nitrogen and oxygen atoms in total. The van der Waals surface area contributed by atoms with Crippen molar-refractivity contribution in [3.63, 3.8) is 0 Å². The molecule has 1 radical (unpaired) electrons. The maximum Gasteiger partial charge on any atom is 0.396 e. The minimum atomic E-state index is -4.70. The molecule has 2 rings (SSSR count). The van der Waals surface area contributed by atoms with Gasteiger partial charge in [0.05, 0.1) is 6.20 Å². The lowest BCUT2D eigenvalue weighted by molar-refractivity contribution is -0.265. The van der Waals surface area contributed by atoms with Gasteiger partial charge in [-0.05, 0) is 18.5 Å². The average Bonchev–Trinajstić information content (AvgIpc) is 2.74. The summed E-state index contributed by atoms with van der Waals surface area (Å²) in [6.07, 6.45) is -3.52. The molecule has 2 amide bonds. The molecular formula is C26H36F3N4O4Si. The number of amides is 2. The zero-order valence-electron chi connectivity index (χ0n) is 23.0. The molecule has 2 aromatic rings. The molecule has 2 unspecified atom stereocenters. The van der Waals surface area contributed by atoms with E-state index < -0.39 is 62.1 Å². The van der Waals surface area contributed by atoms with E-state index in [9.17, 15) is 27.6 Å². The van der Waals surface area contributed by atoms with E-state index in [0.29, 0.717) is 5.56 Å². The van der Waals surface area contributed by atoms with Gasteiger partial charge in [-0.25, -0.2) is 4.98 Å². The Balaban J connectivity index is 2.67. The van der Waals surface area contributed by atoms with Crippen molar-refractivity contribution in [2.45, 2.75) is 73.1 Å². The summed E-state index contributed by atoms with van der Waals surface area (Å²) < 4.78 is 50.9. The number of hydrogen-bond donors (Lipinski definition) is 2. The Morgan fingerprint density at radius 1 is 1.11 bits per heavy atom. The second-order valence-corrected chi connectivity index (χ2v) is 12.8. The van der Waals surface area contributed by atoms with Crippen LogP contribution < -0.4 is 16.2 Å². The van der Waals surface area contributed by atoms with Crippen molar-refractivity contribution in [3.8, 4) is 11.4 Å². The Labute approximate surface area is 222 Å². The highest BCUT2D eigenvalue weighted by Gasteiger charge is 2.61. The number of aromatic nitrogens is 2. The van der Waals surface area contributed by atoms with Gasteiger partial charge in [0.2, 0.25) is 20.9 Å². The molecule has 0 aliphatic rings. The van der Waals surface area contributed by atoms with Crippen LogP contribution in [0.1, 0.15) is 41.5 Å². The standard InChI is InChI=1S/C26H36F3N4O4Si/c1-16(2)25(37-38(7)8,23(24(4,5)6)26(27,28)29)32-20(35)15-33-21(18-12-10-9-11-13-18)30-14-19(22(33)36)31-17(3)34/h9-14,16,23H,15H2,1-8H3,(H,31,34)(H,32,35). The molecule has 12 heteroatoms. The van der Waals surface area contributed by atoms with Crippen LogP contribution in [0.5, 0.6) is 0 Å². The molecule has 0 saturated heterocycles. The van der Waals surface area contributed by atoms with Gasteiger partial charge in [-0.1, -0.05) is 65.0 Å². The number of anilines is 1. The van der Waals surface area contributed by atoms with E-state index in [1.165, 1.54) is 33.9 Å². The predicted octanol–water partition coefficient (Wildman–Crippen LogP) is 4.83. The van der Waals surface area contributed by atoms with E-state index in [1.807, 2.05) is 0 Å². The summed E-state index contributed by atoms with van der Waals surface area (Å²) in [5, 5.41) is 4.94. The first kappa shape index (κ1) is 31.2. The number of carbonyl (C=O) groups is 2. The smallest absolute Gasteiger partial charge is 0.394 e. The third-order valence-corrected chi connectivity index (χ3v) is 6.63. The Morgan fingerprint density at radius 2 is 1.68 bits per heavy atom. The molecule has 0 aliphatic carbocycles. The number of benzene rings is 1. The molecule has 1 heterocycles. The van der Waals surface area contributed by atoms with Crippen LogP contribution >= 0.6 is 0 Å². The Bertz CT molecular complexity index is 1180. The summed E-state index contributed by atoms with van der Waals surface area (Å²) in [6, 6.07) is 8.55. The van der Waals surface area contributed by atoms with Crippen molar-refractivity contribution >= 4 is 26.5 Å². The molecule has 0 bridgehead atoms. The Hall–Kier alpha value is -2.99. The highest BCUT2D eigenvalue weighted by atomic mass is 28.3. The molecule has 1 aromatic carbocycles. The van der Waals surface area contributed by atoms with Crippen LogP contribution in [-0.4, -0.2) is 42.3 Å². The molecule has 0 fully saturated rings. The lowest BCUT2D eigenvalue weighted by Gasteiger charge is -2.50. The third-order valence-electron chi connectivity index (χ3n) is 5.88. The third kappa shape index (κ3) is 7.31. The molecule has 1 aromatic heterocycles. The lowest BCUT2D eigenvalue weighted by Crippen LogP contribution is -2.67. The van der Waals surface area contributed by atoms with Gasteiger partial charge in [-0.2, -0.15) is 13.2 Å². The molecular weight excluding hydrogens is 517 g/mol. The van der Waals surface area contributed by atoms with Crippen molar-refractivity contribution in [2.24, 2.45) is 17.3 Å². The quantitative estimate of drug-likeness (QED) is 0.342. The minimum Gasteiger partial charge on any atom is -0.394 e. The summed E-state index contributed by atoms with van der Waals surface area (Å²) in [6.45, 7) is 11.5. The van der Waals surface area contributed by atoms with E-state index >= 15 is 0 Å². The first-order valence-electron chi connectivity index (χ1n) is 12.2. The summed E-state index contributed by atoms with van der Waals surface area (Å²) in [5.74, 6) is -4.08. The highest BCUT2D eigenvalue weighted by Crippen LogP contribution is 2.49. The zero-order valence-corrected chi connectivity index (χ0v) is 24.0. The second-order valence-electron chi connectivity index (χ2n) is 10.8. The van der Waals surface area contributed by atoms with Crippen LogP contribution in [0.25, 0.3) is 11.4 Å². The van der Waals surface area contributed by atoms with Crippen molar-refractivity contribution < 1.29 is 27.2 Å². The van der Waals surface area contributed by atoms with Gasteiger partial charge in [0.1, 0.15) is 29.7 Å². The first-order chi connectivity index (χ1) is 17.4. The number of nitrogens with one attached hydrogen (secondary N) is 2.